The molecule has 12 heteroatoms. The second-order valence-electron chi connectivity index (χ2n) is 11.3. The molecule has 2 heterocycles. The number of thiocarbonyl (C=S) groups is 1. The highest BCUT2D eigenvalue weighted by molar-refractivity contribution is 7.91. The van der Waals surface area contributed by atoms with E-state index < -0.39 is 27.4 Å². The minimum atomic E-state index is -4.32. The Morgan fingerprint density at radius 3 is 1.95 bits per heavy atom. The Hall–Kier alpha value is -3.22. The van der Waals surface area contributed by atoms with Crippen molar-refractivity contribution in [3.63, 3.8) is 0 Å². The summed E-state index contributed by atoms with van der Waals surface area (Å²) in [5.41, 5.74) is 1.05. The van der Waals surface area contributed by atoms with Crippen LogP contribution in [0.2, 0.25) is 0 Å². The fraction of sp³-hybridized carbons (Fsp3) is 0.406. The van der Waals surface area contributed by atoms with Crippen molar-refractivity contribution in [3.05, 3.63) is 84.2 Å². The number of alkyl halides is 3. The number of sulfone groups is 1. The Bertz CT molecular complexity index is 1500. The summed E-state index contributed by atoms with van der Waals surface area (Å²) in [6, 6.07) is 17.1. The van der Waals surface area contributed by atoms with Crippen molar-refractivity contribution >= 4 is 38.4 Å². The highest BCUT2D eigenvalue weighted by Crippen LogP contribution is 2.31. The fourth-order valence-corrected chi connectivity index (χ4v) is 7.28. The zero-order chi connectivity index (χ0) is 31.3. The molecule has 3 aromatic rings. The lowest BCUT2D eigenvalue weighted by Gasteiger charge is -2.37. The highest BCUT2D eigenvalue weighted by Gasteiger charge is 2.30. The van der Waals surface area contributed by atoms with Gasteiger partial charge in [-0.05, 0) is 105 Å². The molecule has 0 aliphatic carbocycles. The van der Waals surface area contributed by atoms with E-state index in [0.717, 1.165) is 112 Å². The average molecular weight is 649 g/mol. The molecule has 0 aromatic heterocycles. The minimum absolute atomic E-state index is 0.0576. The molecular formula is C32H36F4N4O2S2. The lowest BCUT2D eigenvalue weighted by atomic mass is 10.0. The van der Waals surface area contributed by atoms with Crippen LogP contribution >= 0.6 is 12.2 Å². The third-order valence-electron chi connectivity index (χ3n) is 8.30. The number of hydrogen-bond donors (Lipinski definition) is 1. The topological polar surface area (TPSA) is 55.9 Å². The van der Waals surface area contributed by atoms with Gasteiger partial charge in [0.1, 0.15) is 5.82 Å². The maximum atomic E-state index is 13.2. The van der Waals surface area contributed by atoms with Crippen LogP contribution in [0.25, 0.3) is 0 Å². The number of piperidine rings is 1. The molecule has 2 aliphatic heterocycles. The standard InChI is InChI=1S/C32H36F4N4O2S2/c33-25-5-11-29(12-6-25)44(41,42)30-13-7-26(8-14-30)37-27-15-18-40(19-16-27)31(43)2-1-17-38-20-22-39(23-21-38)28-9-3-24(4-10-28)32(34,35)36/h3-14,27,37H,1-2,15-23H2. The van der Waals surface area contributed by atoms with Gasteiger partial charge in [-0.1, -0.05) is 12.2 Å². The van der Waals surface area contributed by atoms with Crippen LogP contribution in [0.5, 0.6) is 0 Å². The smallest absolute Gasteiger partial charge is 0.382 e. The fourth-order valence-electron chi connectivity index (χ4n) is 5.69. The predicted molar refractivity (Wildman–Crippen MR) is 168 cm³/mol. The molecule has 2 fully saturated rings. The average Bonchev–Trinajstić information content (AvgIpc) is 3.02. The molecule has 236 valence electrons. The number of anilines is 2. The second-order valence-corrected chi connectivity index (χ2v) is 13.7. The molecule has 0 bridgehead atoms. The molecule has 2 saturated heterocycles. The van der Waals surface area contributed by atoms with Crippen LogP contribution < -0.4 is 10.2 Å². The van der Waals surface area contributed by atoms with Crippen LogP contribution in [0.4, 0.5) is 28.9 Å². The van der Waals surface area contributed by atoms with Gasteiger partial charge in [-0.25, -0.2) is 12.8 Å². The number of likely N-dealkylation sites (tertiary alicyclic amines) is 1. The summed E-state index contributed by atoms with van der Waals surface area (Å²) in [6.07, 6.45) is -0.675. The van der Waals surface area contributed by atoms with Gasteiger partial charge in [0.2, 0.25) is 9.84 Å². The molecule has 3 aromatic carbocycles. The van der Waals surface area contributed by atoms with Crippen LogP contribution in [-0.4, -0.2) is 75.1 Å². The van der Waals surface area contributed by atoms with Gasteiger partial charge >= 0.3 is 6.18 Å². The Balaban J connectivity index is 0.997. The molecule has 6 nitrogen and oxygen atoms in total. The van der Waals surface area contributed by atoms with Crippen molar-refractivity contribution in [2.75, 3.05) is 56.0 Å². The van der Waals surface area contributed by atoms with Crippen molar-refractivity contribution in [1.82, 2.24) is 9.80 Å². The zero-order valence-corrected chi connectivity index (χ0v) is 25.9. The van der Waals surface area contributed by atoms with Crippen LogP contribution in [0.15, 0.2) is 82.6 Å². The number of halogens is 4. The molecule has 0 saturated carbocycles. The molecule has 5 rings (SSSR count). The zero-order valence-electron chi connectivity index (χ0n) is 24.3. The molecule has 0 amide bonds. The normalized spacial score (nSPS) is 17.1. The highest BCUT2D eigenvalue weighted by atomic mass is 32.2. The van der Waals surface area contributed by atoms with Crippen LogP contribution in [0.3, 0.4) is 0 Å². The predicted octanol–water partition coefficient (Wildman–Crippen LogP) is 6.48. The Morgan fingerprint density at radius 1 is 0.818 bits per heavy atom. The van der Waals surface area contributed by atoms with Gasteiger partial charge < -0.3 is 15.1 Å². The third kappa shape index (κ3) is 8.08. The molecule has 0 atom stereocenters. The van der Waals surface area contributed by atoms with Crippen molar-refractivity contribution in [2.45, 2.75) is 47.7 Å². The van der Waals surface area contributed by atoms with Gasteiger partial charge in [0.25, 0.3) is 0 Å². The molecular weight excluding hydrogens is 613 g/mol. The van der Waals surface area contributed by atoms with E-state index in [1.807, 2.05) is 0 Å². The minimum Gasteiger partial charge on any atom is -0.382 e. The summed E-state index contributed by atoms with van der Waals surface area (Å²) < 4.78 is 77.3. The quantitative estimate of drug-likeness (QED) is 0.162. The van der Waals surface area contributed by atoms with E-state index in [9.17, 15) is 26.0 Å². The maximum absolute atomic E-state index is 13.2. The van der Waals surface area contributed by atoms with Gasteiger partial charge in [0, 0.05) is 56.7 Å². The van der Waals surface area contributed by atoms with E-state index in [1.54, 1.807) is 36.4 Å². The summed E-state index contributed by atoms with van der Waals surface area (Å²) >= 11 is 5.75. The van der Waals surface area contributed by atoms with Gasteiger partial charge in [-0.3, -0.25) is 4.90 Å². The first kappa shape index (κ1) is 32.2. The first-order valence-electron chi connectivity index (χ1n) is 14.8. The molecule has 0 radical (unpaired) electrons. The van der Waals surface area contributed by atoms with Crippen LogP contribution in [-0.2, 0) is 16.0 Å². The molecule has 44 heavy (non-hydrogen) atoms. The van der Waals surface area contributed by atoms with Gasteiger partial charge in [0.15, 0.2) is 0 Å². The summed E-state index contributed by atoms with van der Waals surface area (Å²) in [7, 11) is -3.71. The largest absolute Gasteiger partial charge is 0.416 e. The van der Waals surface area contributed by atoms with Crippen molar-refractivity contribution in [1.29, 1.82) is 0 Å². The van der Waals surface area contributed by atoms with E-state index in [-0.39, 0.29) is 15.8 Å². The molecule has 0 spiro atoms. The molecule has 0 unspecified atom stereocenters. The van der Waals surface area contributed by atoms with Crippen LogP contribution in [0, 0.1) is 5.82 Å². The number of nitrogens with zero attached hydrogens (tertiary/aromatic N) is 3. The SMILES string of the molecule is O=S(=O)(c1ccc(F)cc1)c1ccc(NC2CCN(C(=S)CCCN3CCN(c4ccc(C(F)(F)F)cc4)CC3)CC2)cc1. The summed E-state index contributed by atoms with van der Waals surface area (Å²) in [6.45, 7) is 5.95. The van der Waals surface area contributed by atoms with Crippen molar-refractivity contribution in [2.24, 2.45) is 0 Å². The third-order valence-corrected chi connectivity index (χ3v) is 10.6. The Labute approximate surface area is 261 Å². The number of nitrogens with one attached hydrogen (secondary N) is 1. The monoisotopic (exact) mass is 648 g/mol. The van der Waals surface area contributed by atoms with E-state index in [2.05, 4.69) is 20.0 Å². The van der Waals surface area contributed by atoms with E-state index in [4.69, 9.17) is 12.2 Å². The summed E-state index contributed by atoms with van der Waals surface area (Å²) in [5.74, 6) is -0.483. The van der Waals surface area contributed by atoms with Crippen LogP contribution in [0.1, 0.15) is 31.2 Å². The van der Waals surface area contributed by atoms with E-state index in [1.165, 1.54) is 12.1 Å². The number of piperazine rings is 1. The number of hydrogen-bond acceptors (Lipinski definition) is 6. The lowest BCUT2D eigenvalue weighted by molar-refractivity contribution is -0.137. The van der Waals surface area contributed by atoms with Crippen molar-refractivity contribution in [3.8, 4) is 0 Å². The summed E-state index contributed by atoms with van der Waals surface area (Å²) in [4.78, 5) is 7.98. The Morgan fingerprint density at radius 2 is 1.39 bits per heavy atom. The van der Waals surface area contributed by atoms with E-state index >= 15 is 0 Å². The number of benzene rings is 3. The second kappa shape index (κ2) is 13.8. The van der Waals surface area contributed by atoms with Crippen molar-refractivity contribution < 1.29 is 26.0 Å². The first-order valence-corrected chi connectivity index (χ1v) is 16.7. The maximum Gasteiger partial charge on any atom is 0.416 e. The van der Waals surface area contributed by atoms with E-state index in [0.29, 0.717) is 0 Å². The Kier molecular flexibility index (Phi) is 10.1. The first-order chi connectivity index (χ1) is 21.0. The summed E-state index contributed by atoms with van der Waals surface area (Å²) in [5, 5.41) is 3.50. The lowest BCUT2D eigenvalue weighted by Crippen LogP contribution is -2.47. The molecule has 2 aliphatic rings. The van der Waals surface area contributed by atoms with Gasteiger partial charge in [-0.15, -0.1) is 0 Å². The van der Waals surface area contributed by atoms with Gasteiger partial charge in [0.05, 0.1) is 20.3 Å². The van der Waals surface area contributed by atoms with Gasteiger partial charge in [-0.2, -0.15) is 13.2 Å². The molecule has 1 N–H and O–H groups in total. The number of rotatable bonds is 9.